The Bertz CT molecular complexity index is 423. The number of rotatable bonds is 3. The molecule has 1 aromatic carbocycles. The molecule has 1 N–H and O–H groups in total. The first-order valence-electron chi connectivity index (χ1n) is 6.36. The summed E-state index contributed by atoms with van der Waals surface area (Å²) in [5.74, 6) is -0.586. The number of aromatic carboxylic acids is 1. The molecular weight excluding hydrogens is 252 g/mol. The number of hydrogen-bond donors (Lipinski definition) is 1. The lowest BCUT2D eigenvalue weighted by Crippen LogP contribution is -2.17. The Balaban J connectivity index is 2.15. The van der Waals surface area contributed by atoms with E-state index in [2.05, 4.69) is 0 Å². The summed E-state index contributed by atoms with van der Waals surface area (Å²) in [6.07, 6.45) is 6.87. The van der Waals surface area contributed by atoms with Crippen LogP contribution in [0.4, 0.5) is 0 Å². The highest BCUT2D eigenvalue weighted by Crippen LogP contribution is 2.28. The van der Waals surface area contributed by atoms with Crippen molar-refractivity contribution in [1.29, 1.82) is 0 Å². The van der Waals surface area contributed by atoms with Gasteiger partial charge in [-0.25, -0.2) is 4.79 Å². The van der Waals surface area contributed by atoms with Crippen LogP contribution in [-0.2, 0) is 0 Å². The summed E-state index contributed by atoms with van der Waals surface area (Å²) in [4.78, 5) is 11.1. The molecule has 1 saturated carbocycles. The summed E-state index contributed by atoms with van der Waals surface area (Å²) in [7, 11) is 0. The third kappa shape index (κ3) is 3.39. The second-order valence-corrected chi connectivity index (χ2v) is 5.11. The van der Waals surface area contributed by atoms with Gasteiger partial charge in [0.25, 0.3) is 0 Å². The van der Waals surface area contributed by atoms with E-state index in [1.165, 1.54) is 18.9 Å². The minimum Gasteiger partial charge on any atom is -0.489 e. The lowest BCUT2D eigenvalue weighted by Gasteiger charge is -2.18. The number of halogens is 1. The first kappa shape index (κ1) is 13.2. The van der Waals surface area contributed by atoms with Crippen molar-refractivity contribution in [3.05, 3.63) is 28.8 Å². The van der Waals surface area contributed by atoms with Crippen molar-refractivity contribution in [1.82, 2.24) is 0 Å². The van der Waals surface area contributed by atoms with E-state index >= 15 is 0 Å². The lowest BCUT2D eigenvalue weighted by molar-refractivity contribution is 0.0688. The van der Waals surface area contributed by atoms with Gasteiger partial charge in [0.15, 0.2) is 0 Å². The van der Waals surface area contributed by atoms with Crippen LogP contribution in [0.2, 0.25) is 5.02 Å². The number of hydrogen-bond acceptors (Lipinski definition) is 2. The maximum atomic E-state index is 11.1. The predicted octanol–water partition coefficient (Wildman–Crippen LogP) is 4.14. The van der Waals surface area contributed by atoms with Gasteiger partial charge in [-0.05, 0) is 43.9 Å². The lowest BCUT2D eigenvalue weighted by atomic mass is 10.1. The molecular formula is C14H17ClO3. The van der Waals surface area contributed by atoms with E-state index in [4.69, 9.17) is 21.4 Å². The number of benzene rings is 1. The van der Waals surface area contributed by atoms with Crippen LogP contribution in [0, 0.1) is 0 Å². The molecule has 18 heavy (non-hydrogen) atoms. The van der Waals surface area contributed by atoms with Crippen LogP contribution >= 0.6 is 11.6 Å². The van der Waals surface area contributed by atoms with Crippen molar-refractivity contribution < 1.29 is 14.6 Å². The van der Waals surface area contributed by atoms with Gasteiger partial charge in [-0.15, -0.1) is 0 Å². The van der Waals surface area contributed by atoms with Crippen LogP contribution < -0.4 is 4.74 Å². The molecule has 0 aliphatic heterocycles. The third-order valence-electron chi connectivity index (χ3n) is 3.27. The highest BCUT2D eigenvalue weighted by atomic mass is 35.5. The van der Waals surface area contributed by atoms with E-state index in [1.807, 2.05) is 0 Å². The molecule has 0 atom stereocenters. The number of carbonyl (C=O) groups is 1. The Kier molecular flexibility index (Phi) is 4.48. The summed E-state index contributed by atoms with van der Waals surface area (Å²) in [6, 6.07) is 4.66. The van der Waals surface area contributed by atoms with Crippen molar-refractivity contribution in [2.24, 2.45) is 0 Å². The van der Waals surface area contributed by atoms with Gasteiger partial charge in [0.05, 0.1) is 6.10 Å². The molecule has 0 amide bonds. The smallest absolute Gasteiger partial charge is 0.339 e. The summed E-state index contributed by atoms with van der Waals surface area (Å²) >= 11 is 5.90. The van der Waals surface area contributed by atoms with E-state index in [9.17, 15) is 4.79 Å². The summed E-state index contributed by atoms with van der Waals surface area (Å²) in [5.41, 5.74) is 0.184. The molecule has 0 radical (unpaired) electrons. The summed E-state index contributed by atoms with van der Waals surface area (Å²) in [6.45, 7) is 0. The minimum atomic E-state index is -0.977. The fraction of sp³-hybridized carbons (Fsp3) is 0.500. The monoisotopic (exact) mass is 268 g/mol. The standard InChI is InChI=1S/C14H17ClO3/c15-10-7-8-12(14(16)17)13(9-10)18-11-5-3-1-2-4-6-11/h7-9,11H,1-6H2,(H,16,17). The Morgan fingerprint density at radius 2 is 1.89 bits per heavy atom. The topological polar surface area (TPSA) is 46.5 Å². The van der Waals surface area contributed by atoms with Gasteiger partial charge in [0, 0.05) is 5.02 Å². The highest BCUT2D eigenvalue weighted by Gasteiger charge is 2.18. The molecule has 0 heterocycles. The van der Waals surface area contributed by atoms with Gasteiger partial charge in [-0.1, -0.05) is 24.4 Å². The Hall–Kier alpha value is -1.22. The molecule has 0 bridgehead atoms. The van der Waals surface area contributed by atoms with Crippen LogP contribution in [0.25, 0.3) is 0 Å². The quantitative estimate of drug-likeness (QED) is 0.838. The van der Waals surface area contributed by atoms with Crippen molar-refractivity contribution in [2.75, 3.05) is 0 Å². The van der Waals surface area contributed by atoms with E-state index in [1.54, 1.807) is 12.1 Å². The molecule has 3 nitrogen and oxygen atoms in total. The molecule has 2 rings (SSSR count). The maximum Gasteiger partial charge on any atom is 0.339 e. The molecule has 4 heteroatoms. The Morgan fingerprint density at radius 1 is 1.22 bits per heavy atom. The van der Waals surface area contributed by atoms with Crippen LogP contribution in [0.5, 0.6) is 5.75 Å². The largest absolute Gasteiger partial charge is 0.489 e. The summed E-state index contributed by atoms with van der Waals surface area (Å²) in [5, 5.41) is 9.62. The zero-order chi connectivity index (χ0) is 13.0. The molecule has 0 unspecified atom stereocenters. The van der Waals surface area contributed by atoms with Crippen LogP contribution in [0.3, 0.4) is 0 Å². The average Bonchev–Trinajstić information content (AvgIpc) is 2.57. The highest BCUT2D eigenvalue weighted by molar-refractivity contribution is 6.30. The van der Waals surface area contributed by atoms with Crippen LogP contribution in [0.1, 0.15) is 48.9 Å². The van der Waals surface area contributed by atoms with Crippen molar-refractivity contribution in [2.45, 2.75) is 44.6 Å². The number of ether oxygens (including phenoxy) is 1. The Morgan fingerprint density at radius 3 is 2.50 bits per heavy atom. The van der Waals surface area contributed by atoms with Gasteiger partial charge in [0.1, 0.15) is 11.3 Å². The second kappa shape index (κ2) is 6.10. The molecule has 0 aromatic heterocycles. The molecule has 1 fully saturated rings. The molecule has 0 saturated heterocycles. The van der Waals surface area contributed by atoms with Crippen molar-refractivity contribution >= 4 is 17.6 Å². The molecule has 1 aliphatic rings. The minimum absolute atomic E-state index is 0.115. The van der Waals surface area contributed by atoms with Crippen LogP contribution in [0.15, 0.2) is 18.2 Å². The Labute approximate surface area is 112 Å². The normalized spacial score (nSPS) is 17.2. The second-order valence-electron chi connectivity index (χ2n) is 4.68. The van der Waals surface area contributed by atoms with Crippen molar-refractivity contribution in [3.63, 3.8) is 0 Å². The van der Waals surface area contributed by atoms with Gasteiger partial charge in [0.2, 0.25) is 0 Å². The average molecular weight is 269 g/mol. The number of carboxylic acid groups (broad SMARTS) is 1. The zero-order valence-corrected chi connectivity index (χ0v) is 10.9. The molecule has 98 valence electrons. The molecule has 0 spiro atoms. The first-order chi connectivity index (χ1) is 8.66. The van der Waals surface area contributed by atoms with Crippen LogP contribution in [-0.4, -0.2) is 17.2 Å². The van der Waals surface area contributed by atoms with Crippen molar-refractivity contribution in [3.8, 4) is 5.75 Å². The first-order valence-corrected chi connectivity index (χ1v) is 6.74. The van der Waals surface area contributed by atoms with E-state index in [0.29, 0.717) is 10.8 Å². The van der Waals surface area contributed by atoms with Gasteiger partial charge in [-0.2, -0.15) is 0 Å². The molecule has 1 aromatic rings. The fourth-order valence-corrected chi connectivity index (χ4v) is 2.47. The summed E-state index contributed by atoms with van der Waals surface area (Å²) < 4.78 is 5.84. The SMILES string of the molecule is O=C(O)c1ccc(Cl)cc1OC1CCCCCC1. The van der Waals surface area contributed by atoms with Gasteiger partial charge < -0.3 is 9.84 Å². The fourth-order valence-electron chi connectivity index (χ4n) is 2.31. The molecule has 1 aliphatic carbocycles. The predicted molar refractivity (Wildman–Crippen MR) is 70.5 cm³/mol. The van der Waals surface area contributed by atoms with E-state index in [-0.39, 0.29) is 11.7 Å². The van der Waals surface area contributed by atoms with Gasteiger partial charge >= 0.3 is 5.97 Å². The zero-order valence-electron chi connectivity index (χ0n) is 10.2. The number of carboxylic acids is 1. The van der Waals surface area contributed by atoms with Gasteiger partial charge in [-0.3, -0.25) is 0 Å². The van der Waals surface area contributed by atoms with E-state index < -0.39 is 5.97 Å². The third-order valence-corrected chi connectivity index (χ3v) is 3.50. The maximum absolute atomic E-state index is 11.1. The van der Waals surface area contributed by atoms with E-state index in [0.717, 1.165) is 25.7 Å².